The molecular formula is C23H26N4O5S. The van der Waals surface area contributed by atoms with Crippen LogP contribution in [0, 0.1) is 0 Å². The molecule has 0 bridgehead atoms. The summed E-state index contributed by atoms with van der Waals surface area (Å²) >= 11 is 0. The Bertz CT molecular complexity index is 1310. The molecule has 1 aliphatic heterocycles. The van der Waals surface area contributed by atoms with Crippen LogP contribution in [0.25, 0.3) is 10.8 Å². The second kappa shape index (κ2) is 9.82. The molecule has 0 atom stereocenters. The number of hydrogen-bond donors (Lipinski definition) is 2. The van der Waals surface area contributed by atoms with Crippen molar-refractivity contribution in [1.29, 1.82) is 0 Å². The Balaban J connectivity index is 1.59. The van der Waals surface area contributed by atoms with E-state index >= 15 is 0 Å². The number of anilines is 1. The highest BCUT2D eigenvalue weighted by Crippen LogP contribution is 2.22. The van der Waals surface area contributed by atoms with Crippen molar-refractivity contribution in [1.82, 2.24) is 14.1 Å². The fourth-order valence-corrected chi connectivity index (χ4v) is 5.50. The molecule has 174 valence electrons. The molecule has 1 amide bonds. The lowest BCUT2D eigenvalue weighted by Gasteiger charge is -2.20. The van der Waals surface area contributed by atoms with Crippen LogP contribution in [0.5, 0.6) is 0 Å². The van der Waals surface area contributed by atoms with Crippen molar-refractivity contribution in [3.05, 3.63) is 64.6 Å². The first-order valence-electron chi connectivity index (χ1n) is 10.9. The van der Waals surface area contributed by atoms with E-state index in [1.54, 1.807) is 24.3 Å². The van der Waals surface area contributed by atoms with Crippen LogP contribution in [0.2, 0.25) is 0 Å². The highest BCUT2D eigenvalue weighted by Gasteiger charge is 2.25. The average molecular weight is 471 g/mol. The number of hydrogen-bond acceptors (Lipinski definition) is 6. The SMILES string of the molecule is O=C(Nc1ccc(S(=O)(=O)N2CCCCCC2)cc1)c1nn(CCO)c(=O)c2ccccc12. The molecule has 33 heavy (non-hydrogen) atoms. The standard InChI is InChI=1S/C23H26N4O5S/c28-16-15-27-23(30)20-8-4-3-7-19(20)21(25-27)22(29)24-17-9-11-18(12-10-17)33(31,32)26-13-5-1-2-6-14-26/h3-4,7-12,28H,1-2,5-6,13-16H2,(H,24,29). The maximum Gasteiger partial charge on any atom is 0.276 e. The lowest BCUT2D eigenvalue weighted by molar-refractivity contribution is 0.102. The van der Waals surface area contributed by atoms with E-state index in [1.807, 2.05) is 0 Å². The number of benzene rings is 2. The van der Waals surface area contributed by atoms with Crippen molar-refractivity contribution >= 4 is 32.4 Å². The summed E-state index contributed by atoms with van der Waals surface area (Å²) in [5.74, 6) is -0.541. The summed E-state index contributed by atoms with van der Waals surface area (Å²) in [6, 6.07) is 12.7. The molecule has 4 rings (SSSR count). The molecule has 10 heteroatoms. The molecule has 0 unspecified atom stereocenters. The molecular weight excluding hydrogens is 444 g/mol. The lowest BCUT2D eigenvalue weighted by Crippen LogP contribution is -2.31. The summed E-state index contributed by atoms with van der Waals surface area (Å²) in [5, 5.41) is 16.8. The first-order valence-corrected chi connectivity index (χ1v) is 12.4. The molecule has 2 aromatic carbocycles. The number of rotatable bonds is 6. The molecule has 1 aromatic heterocycles. The van der Waals surface area contributed by atoms with Gasteiger partial charge in [0, 0.05) is 24.2 Å². The van der Waals surface area contributed by atoms with Gasteiger partial charge in [-0.05, 0) is 43.2 Å². The van der Waals surface area contributed by atoms with E-state index in [0.29, 0.717) is 29.5 Å². The van der Waals surface area contributed by atoms with E-state index in [9.17, 15) is 23.1 Å². The van der Waals surface area contributed by atoms with E-state index in [2.05, 4.69) is 10.4 Å². The molecule has 0 aliphatic carbocycles. The molecule has 1 aliphatic rings. The van der Waals surface area contributed by atoms with Crippen molar-refractivity contribution in [2.45, 2.75) is 37.1 Å². The predicted octanol–water partition coefficient (Wildman–Crippen LogP) is 2.21. The molecule has 0 spiro atoms. The van der Waals surface area contributed by atoms with E-state index in [0.717, 1.165) is 30.4 Å². The number of aromatic nitrogens is 2. The van der Waals surface area contributed by atoms with E-state index in [4.69, 9.17) is 0 Å². The average Bonchev–Trinajstić information content (AvgIpc) is 3.12. The Morgan fingerprint density at radius 1 is 0.970 bits per heavy atom. The molecule has 3 aromatic rings. The number of aliphatic hydroxyl groups excluding tert-OH is 1. The van der Waals surface area contributed by atoms with Gasteiger partial charge >= 0.3 is 0 Å². The zero-order chi connectivity index (χ0) is 23.4. The summed E-state index contributed by atoms with van der Waals surface area (Å²) in [6.45, 7) is 0.707. The molecule has 9 nitrogen and oxygen atoms in total. The smallest absolute Gasteiger partial charge is 0.276 e. The molecule has 0 saturated carbocycles. The van der Waals surface area contributed by atoms with Crippen molar-refractivity contribution in [3.63, 3.8) is 0 Å². The van der Waals surface area contributed by atoms with E-state index in [1.165, 1.54) is 28.6 Å². The minimum Gasteiger partial charge on any atom is -0.394 e. The van der Waals surface area contributed by atoms with Gasteiger partial charge in [-0.1, -0.05) is 31.0 Å². The maximum absolute atomic E-state index is 13.0. The number of carbonyl (C=O) groups excluding carboxylic acids is 1. The Hall–Kier alpha value is -3.08. The third-order valence-electron chi connectivity index (χ3n) is 5.71. The van der Waals surface area contributed by atoms with Crippen LogP contribution >= 0.6 is 0 Å². The van der Waals surface area contributed by atoms with Crippen LogP contribution < -0.4 is 10.9 Å². The third kappa shape index (κ3) is 4.82. The van der Waals surface area contributed by atoms with E-state index in [-0.39, 0.29) is 29.3 Å². The summed E-state index contributed by atoms with van der Waals surface area (Å²) in [5.41, 5.74) is 0.0554. The van der Waals surface area contributed by atoms with Crippen LogP contribution in [-0.2, 0) is 16.6 Å². The Morgan fingerprint density at radius 3 is 2.24 bits per heavy atom. The van der Waals surface area contributed by atoms with Crippen LogP contribution in [-0.4, -0.2) is 53.2 Å². The van der Waals surface area contributed by atoms with Crippen LogP contribution in [0.15, 0.2) is 58.2 Å². The van der Waals surface area contributed by atoms with Crippen molar-refractivity contribution < 1.29 is 18.3 Å². The third-order valence-corrected chi connectivity index (χ3v) is 7.62. The van der Waals surface area contributed by atoms with Crippen LogP contribution in [0.4, 0.5) is 5.69 Å². The zero-order valence-electron chi connectivity index (χ0n) is 18.1. The van der Waals surface area contributed by atoms with Gasteiger partial charge in [-0.15, -0.1) is 0 Å². The van der Waals surface area contributed by atoms with Crippen molar-refractivity contribution in [3.8, 4) is 0 Å². The largest absolute Gasteiger partial charge is 0.394 e. The first-order chi connectivity index (χ1) is 15.9. The fourth-order valence-electron chi connectivity index (χ4n) is 3.98. The van der Waals surface area contributed by atoms with Crippen LogP contribution in [0.3, 0.4) is 0 Å². The number of amides is 1. The number of nitrogens with zero attached hydrogens (tertiary/aromatic N) is 3. The number of fused-ring (bicyclic) bond motifs is 1. The highest BCUT2D eigenvalue weighted by atomic mass is 32.2. The van der Waals surface area contributed by atoms with Crippen LogP contribution in [0.1, 0.15) is 36.2 Å². The maximum atomic E-state index is 13.0. The fraction of sp³-hybridized carbons (Fsp3) is 0.348. The second-order valence-corrected chi connectivity index (χ2v) is 9.88. The predicted molar refractivity (Wildman–Crippen MR) is 125 cm³/mol. The van der Waals surface area contributed by atoms with E-state index < -0.39 is 15.9 Å². The number of nitrogens with one attached hydrogen (secondary N) is 1. The number of carbonyl (C=O) groups is 1. The Morgan fingerprint density at radius 2 is 1.61 bits per heavy atom. The van der Waals surface area contributed by atoms with Gasteiger partial charge in [0.05, 0.1) is 23.4 Å². The van der Waals surface area contributed by atoms with Gasteiger partial charge in [-0.3, -0.25) is 9.59 Å². The molecule has 2 heterocycles. The first kappa shape index (κ1) is 23.1. The Labute approximate surface area is 191 Å². The van der Waals surface area contributed by atoms with Gasteiger partial charge < -0.3 is 10.4 Å². The zero-order valence-corrected chi connectivity index (χ0v) is 18.9. The summed E-state index contributed by atoms with van der Waals surface area (Å²) in [7, 11) is -3.58. The minimum atomic E-state index is -3.58. The second-order valence-electron chi connectivity index (χ2n) is 7.94. The molecule has 1 saturated heterocycles. The summed E-state index contributed by atoms with van der Waals surface area (Å²) < 4.78 is 28.5. The molecule has 0 radical (unpaired) electrons. The van der Waals surface area contributed by atoms with Gasteiger partial charge in [0.2, 0.25) is 10.0 Å². The molecule has 2 N–H and O–H groups in total. The monoisotopic (exact) mass is 470 g/mol. The normalized spacial score (nSPS) is 15.3. The Kier molecular flexibility index (Phi) is 6.87. The minimum absolute atomic E-state index is 0.0347. The lowest BCUT2D eigenvalue weighted by atomic mass is 10.1. The van der Waals surface area contributed by atoms with Gasteiger partial charge in [-0.2, -0.15) is 9.40 Å². The van der Waals surface area contributed by atoms with Crippen molar-refractivity contribution in [2.75, 3.05) is 25.0 Å². The van der Waals surface area contributed by atoms with Gasteiger partial charge in [0.1, 0.15) is 0 Å². The van der Waals surface area contributed by atoms with Crippen molar-refractivity contribution in [2.24, 2.45) is 0 Å². The number of aliphatic hydroxyl groups is 1. The highest BCUT2D eigenvalue weighted by molar-refractivity contribution is 7.89. The summed E-state index contributed by atoms with van der Waals surface area (Å²) in [6.07, 6.45) is 3.77. The quantitative estimate of drug-likeness (QED) is 0.570. The molecule has 1 fully saturated rings. The van der Waals surface area contributed by atoms with Gasteiger partial charge in [0.15, 0.2) is 5.69 Å². The topological polar surface area (TPSA) is 122 Å². The summed E-state index contributed by atoms with van der Waals surface area (Å²) in [4.78, 5) is 25.7. The van der Waals surface area contributed by atoms with Gasteiger partial charge in [0.25, 0.3) is 11.5 Å². The number of sulfonamides is 1. The van der Waals surface area contributed by atoms with Gasteiger partial charge in [-0.25, -0.2) is 13.1 Å².